The van der Waals surface area contributed by atoms with Crippen LogP contribution in [0.5, 0.6) is 5.75 Å². The molecule has 4 aromatic rings. The van der Waals surface area contributed by atoms with Gasteiger partial charge in [0, 0.05) is 35.8 Å². The second-order valence-corrected chi connectivity index (χ2v) is 8.79. The summed E-state index contributed by atoms with van der Waals surface area (Å²) in [6.45, 7) is 2.37. The summed E-state index contributed by atoms with van der Waals surface area (Å²) in [6.07, 6.45) is 3.75. The van der Waals surface area contributed by atoms with Crippen LogP contribution < -0.4 is 20.7 Å². The van der Waals surface area contributed by atoms with Crippen LogP contribution in [0.25, 0.3) is 0 Å². The first-order chi connectivity index (χ1) is 17.6. The van der Waals surface area contributed by atoms with Gasteiger partial charge in [0.25, 0.3) is 0 Å². The van der Waals surface area contributed by atoms with Crippen molar-refractivity contribution in [2.45, 2.75) is 32.1 Å². The van der Waals surface area contributed by atoms with Crippen LogP contribution in [0.2, 0.25) is 0 Å². The zero-order valence-electron chi connectivity index (χ0n) is 19.6. The van der Waals surface area contributed by atoms with Gasteiger partial charge in [0.1, 0.15) is 24.3 Å². The molecular formula is C27H24N6O3. The third-order valence-electron chi connectivity index (χ3n) is 6.26. The molecule has 6 rings (SSSR count). The van der Waals surface area contributed by atoms with Crippen molar-refractivity contribution in [1.29, 1.82) is 0 Å². The molecule has 1 aliphatic carbocycles. The van der Waals surface area contributed by atoms with Crippen LogP contribution in [0.4, 0.5) is 27.9 Å². The molecule has 2 aromatic carbocycles. The number of alkyl carbamates (subject to hydrolysis) is 1. The molecule has 3 heterocycles. The Morgan fingerprint density at radius 2 is 1.92 bits per heavy atom. The number of pyridine rings is 1. The highest BCUT2D eigenvalue weighted by atomic mass is 16.6. The number of ether oxygens (including phenoxy) is 2. The summed E-state index contributed by atoms with van der Waals surface area (Å²) in [4.78, 5) is 25.0. The molecule has 9 heteroatoms. The number of benzene rings is 2. The molecule has 1 aliphatic heterocycles. The number of rotatable bonds is 7. The second kappa shape index (κ2) is 9.18. The smallest absolute Gasteiger partial charge is 0.408 e. The average molecular weight is 481 g/mol. The monoisotopic (exact) mass is 480 g/mol. The van der Waals surface area contributed by atoms with Gasteiger partial charge >= 0.3 is 6.09 Å². The van der Waals surface area contributed by atoms with E-state index < -0.39 is 0 Å². The molecule has 1 fully saturated rings. The molecule has 2 aromatic heterocycles. The van der Waals surface area contributed by atoms with Crippen LogP contribution in [0, 0.1) is 6.92 Å². The first-order valence-electron chi connectivity index (χ1n) is 11.7. The van der Waals surface area contributed by atoms with Crippen LogP contribution in [0.3, 0.4) is 0 Å². The van der Waals surface area contributed by atoms with E-state index in [9.17, 15) is 4.79 Å². The molecule has 2 aliphatic rings. The Hall–Kier alpha value is -4.66. The first-order valence-corrected chi connectivity index (χ1v) is 11.7. The van der Waals surface area contributed by atoms with E-state index in [1.165, 1.54) is 5.56 Å². The number of hydrogen-bond acceptors (Lipinski definition) is 8. The Balaban J connectivity index is 1.13. The van der Waals surface area contributed by atoms with Crippen molar-refractivity contribution in [3.63, 3.8) is 0 Å². The van der Waals surface area contributed by atoms with Gasteiger partial charge in [0.05, 0.1) is 11.7 Å². The van der Waals surface area contributed by atoms with Crippen molar-refractivity contribution in [2.24, 2.45) is 0 Å². The van der Waals surface area contributed by atoms with Gasteiger partial charge < -0.3 is 25.4 Å². The summed E-state index contributed by atoms with van der Waals surface area (Å²) in [5.41, 5.74) is 5.76. The molecular weight excluding hydrogens is 456 g/mol. The van der Waals surface area contributed by atoms with Crippen molar-refractivity contribution < 1.29 is 14.3 Å². The standard InChI is InChI=1S/C27H24N6O3/c1-16-14-29-26(31-19-6-5-17-12-23-24(22(17)13-19)32-27(34)36-23)33-25(16)30-18-7-9-21(10-8-18)35-15-20-4-2-3-11-28-20/h2-11,13-14,23-24H,12,15H2,1H3,(H,32,34)(H2,29,30,31,33)/t23?,24-/m0/s1. The number of hydrogen-bond donors (Lipinski definition) is 3. The number of carbonyl (C=O) groups excluding carboxylic acids is 1. The maximum Gasteiger partial charge on any atom is 0.408 e. The lowest BCUT2D eigenvalue weighted by molar-refractivity contribution is 0.136. The largest absolute Gasteiger partial charge is 0.487 e. The van der Waals surface area contributed by atoms with Crippen LogP contribution in [-0.2, 0) is 17.8 Å². The van der Waals surface area contributed by atoms with Gasteiger partial charge in [-0.25, -0.2) is 9.78 Å². The van der Waals surface area contributed by atoms with Gasteiger partial charge in [0.15, 0.2) is 0 Å². The van der Waals surface area contributed by atoms with Gasteiger partial charge in [-0.1, -0.05) is 12.1 Å². The minimum atomic E-state index is -0.362. The van der Waals surface area contributed by atoms with Crippen molar-refractivity contribution >= 4 is 29.2 Å². The van der Waals surface area contributed by atoms with E-state index in [0.717, 1.165) is 40.4 Å². The quantitative estimate of drug-likeness (QED) is 0.341. The summed E-state index contributed by atoms with van der Waals surface area (Å²) < 4.78 is 11.2. The number of carbonyl (C=O) groups is 1. The summed E-state index contributed by atoms with van der Waals surface area (Å²) in [5, 5.41) is 9.52. The van der Waals surface area contributed by atoms with E-state index in [2.05, 4.69) is 37.0 Å². The number of nitrogens with one attached hydrogen (secondary N) is 3. The molecule has 180 valence electrons. The topological polar surface area (TPSA) is 110 Å². The third-order valence-corrected chi connectivity index (χ3v) is 6.26. The minimum Gasteiger partial charge on any atom is -0.487 e. The van der Waals surface area contributed by atoms with E-state index in [-0.39, 0.29) is 18.2 Å². The number of aryl methyl sites for hydroxylation is 1. The number of fused-ring (bicyclic) bond motifs is 3. The lowest BCUT2D eigenvalue weighted by Crippen LogP contribution is -2.18. The van der Waals surface area contributed by atoms with Gasteiger partial charge in [-0.05, 0) is 66.6 Å². The van der Waals surface area contributed by atoms with E-state index in [1.807, 2.05) is 61.5 Å². The Kier molecular flexibility index (Phi) is 5.57. The Morgan fingerprint density at radius 1 is 1.06 bits per heavy atom. The summed E-state index contributed by atoms with van der Waals surface area (Å²) in [7, 11) is 0. The zero-order chi connectivity index (χ0) is 24.5. The highest BCUT2D eigenvalue weighted by Crippen LogP contribution is 2.38. The molecule has 1 saturated heterocycles. The summed E-state index contributed by atoms with van der Waals surface area (Å²) >= 11 is 0. The third kappa shape index (κ3) is 4.50. The minimum absolute atomic E-state index is 0.110. The highest BCUT2D eigenvalue weighted by molar-refractivity contribution is 5.72. The van der Waals surface area contributed by atoms with Crippen molar-refractivity contribution in [2.75, 3.05) is 10.6 Å². The number of amides is 1. The molecule has 0 bridgehead atoms. The Morgan fingerprint density at radius 3 is 2.75 bits per heavy atom. The molecule has 9 nitrogen and oxygen atoms in total. The lowest BCUT2D eigenvalue weighted by Gasteiger charge is -2.13. The highest BCUT2D eigenvalue weighted by Gasteiger charge is 2.41. The maximum atomic E-state index is 11.6. The summed E-state index contributed by atoms with van der Waals surface area (Å²) in [6, 6.07) is 19.4. The fourth-order valence-corrected chi connectivity index (χ4v) is 4.43. The molecule has 0 radical (unpaired) electrons. The molecule has 2 atom stereocenters. The van der Waals surface area contributed by atoms with Gasteiger partial charge in [-0.2, -0.15) is 4.98 Å². The van der Waals surface area contributed by atoms with E-state index in [4.69, 9.17) is 9.47 Å². The Labute approximate surface area is 207 Å². The molecule has 1 amide bonds. The molecule has 1 unspecified atom stereocenters. The SMILES string of the molecule is Cc1cnc(Nc2ccc3c(c2)[C@@H]2NC(=O)OC2C3)nc1Nc1ccc(OCc2ccccn2)cc1. The molecule has 0 spiro atoms. The lowest BCUT2D eigenvalue weighted by atomic mass is 10.1. The fraction of sp³-hybridized carbons (Fsp3) is 0.185. The van der Waals surface area contributed by atoms with E-state index in [1.54, 1.807) is 12.4 Å². The normalized spacial score (nSPS) is 17.5. The van der Waals surface area contributed by atoms with Gasteiger partial charge in [0.2, 0.25) is 5.95 Å². The maximum absolute atomic E-state index is 11.6. The van der Waals surface area contributed by atoms with Crippen molar-refractivity contribution in [1.82, 2.24) is 20.3 Å². The average Bonchev–Trinajstić information content (AvgIpc) is 3.42. The molecule has 36 heavy (non-hydrogen) atoms. The predicted molar refractivity (Wildman–Crippen MR) is 135 cm³/mol. The number of anilines is 4. The predicted octanol–water partition coefficient (Wildman–Crippen LogP) is 4.95. The van der Waals surface area contributed by atoms with Crippen LogP contribution in [-0.4, -0.2) is 27.1 Å². The summed E-state index contributed by atoms with van der Waals surface area (Å²) in [5.74, 6) is 1.93. The van der Waals surface area contributed by atoms with Crippen LogP contribution >= 0.6 is 0 Å². The second-order valence-electron chi connectivity index (χ2n) is 8.79. The van der Waals surface area contributed by atoms with Gasteiger partial charge in [-0.15, -0.1) is 0 Å². The first kappa shape index (κ1) is 21.8. The fourth-order valence-electron chi connectivity index (χ4n) is 4.43. The van der Waals surface area contributed by atoms with E-state index >= 15 is 0 Å². The number of nitrogens with zero attached hydrogens (tertiary/aromatic N) is 3. The molecule has 3 N–H and O–H groups in total. The van der Waals surface area contributed by atoms with Crippen LogP contribution in [0.1, 0.15) is 28.4 Å². The van der Waals surface area contributed by atoms with Gasteiger partial charge in [-0.3, -0.25) is 4.98 Å². The molecule has 0 saturated carbocycles. The Bertz CT molecular complexity index is 1410. The van der Waals surface area contributed by atoms with Crippen molar-refractivity contribution in [3.8, 4) is 5.75 Å². The van der Waals surface area contributed by atoms with Crippen molar-refractivity contribution in [3.05, 3.63) is 95.4 Å². The van der Waals surface area contributed by atoms with Crippen LogP contribution in [0.15, 0.2) is 73.1 Å². The number of aromatic nitrogens is 3. The zero-order valence-corrected chi connectivity index (χ0v) is 19.6. The van der Waals surface area contributed by atoms with E-state index in [0.29, 0.717) is 18.4 Å².